The van der Waals surface area contributed by atoms with Crippen LogP contribution in [-0.4, -0.2) is 18.7 Å². The van der Waals surface area contributed by atoms with Gasteiger partial charge in [0.1, 0.15) is 4.88 Å². The molecule has 0 aliphatic heterocycles. The number of amides is 1. The quantitative estimate of drug-likeness (QED) is 0.797. The Bertz CT molecular complexity index is 581. The highest BCUT2D eigenvalue weighted by Crippen LogP contribution is 2.26. The normalized spacial score (nSPS) is 10.5. The molecule has 0 atom stereocenters. The van der Waals surface area contributed by atoms with Crippen LogP contribution in [0.5, 0.6) is 0 Å². The van der Waals surface area contributed by atoms with Crippen LogP contribution in [0.1, 0.15) is 22.2 Å². The lowest BCUT2D eigenvalue weighted by atomic mass is 10.2. The molecule has 0 spiro atoms. The SMILES string of the molecule is CCNCc1cccc(NC(=O)c2sccc2SC)c1. The Morgan fingerprint density at radius 1 is 1.35 bits per heavy atom. The van der Waals surface area contributed by atoms with E-state index in [1.165, 1.54) is 16.9 Å². The van der Waals surface area contributed by atoms with Crippen LogP contribution in [0.25, 0.3) is 0 Å². The molecule has 0 unspecified atom stereocenters. The van der Waals surface area contributed by atoms with Crippen LogP contribution in [0.2, 0.25) is 0 Å². The van der Waals surface area contributed by atoms with E-state index in [4.69, 9.17) is 0 Å². The van der Waals surface area contributed by atoms with Gasteiger partial charge in [-0.3, -0.25) is 4.79 Å². The second-order valence-electron chi connectivity index (χ2n) is 4.25. The number of anilines is 1. The first-order valence-electron chi connectivity index (χ1n) is 6.47. The van der Waals surface area contributed by atoms with E-state index >= 15 is 0 Å². The van der Waals surface area contributed by atoms with Gasteiger partial charge in [0.15, 0.2) is 0 Å². The van der Waals surface area contributed by atoms with Crippen LogP contribution >= 0.6 is 23.1 Å². The van der Waals surface area contributed by atoms with Gasteiger partial charge < -0.3 is 10.6 Å². The topological polar surface area (TPSA) is 41.1 Å². The molecule has 1 aromatic heterocycles. The molecule has 3 nitrogen and oxygen atoms in total. The van der Waals surface area contributed by atoms with Crippen LogP contribution in [0.3, 0.4) is 0 Å². The molecule has 1 aromatic carbocycles. The van der Waals surface area contributed by atoms with Gasteiger partial charge in [0.05, 0.1) is 0 Å². The number of hydrogen-bond donors (Lipinski definition) is 2. The van der Waals surface area contributed by atoms with E-state index in [-0.39, 0.29) is 5.91 Å². The molecule has 0 saturated carbocycles. The van der Waals surface area contributed by atoms with Crippen molar-refractivity contribution in [2.75, 3.05) is 18.1 Å². The third-order valence-electron chi connectivity index (χ3n) is 2.82. The van der Waals surface area contributed by atoms with Crippen LogP contribution in [0, 0.1) is 0 Å². The molecule has 1 amide bonds. The highest BCUT2D eigenvalue weighted by atomic mass is 32.2. The second-order valence-corrected chi connectivity index (χ2v) is 6.02. The lowest BCUT2D eigenvalue weighted by molar-refractivity contribution is 0.102. The van der Waals surface area contributed by atoms with Crippen molar-refractivity contribution in [3.63, 3.8) is 0 Å². The number of thiophene rings is 1. The Morgan fingerprint density at radius 2 is 2.20 bits per heavy atom. The monoisotopic (exact) mass is 306 g/mol. The Kier molecular flexibility index (Phi) is 5.64. The van der Waals surface area contributed by atoms with Gasteiger partial charge in [-0.1, -0.05) is 19.1 Å². The lowest BCUT2D eigenvalue weighted by Gasteiger charge is -2.08. The summed E-state index contributed by atoms with van der Waals surface area (Å²) < 4.78 is 0. The summed E-state index contributed by atoms with van der Waals surface area (Å²) >= 11 is 3.07. The number of carbonyl (C=O) groups excluding carboxylic acids is 1. The van der Waals surface area contributed by atoms with Crippen molar-refractivity contribution in [1.82, 2.24) is 5.32 Å². The predicted molar refractivity (Wildman–Crippen MR) is 87.9 cm³/mol. The van der Waals surface area contributed by atoms with E-state index in [2.05, 4.69) is 23.6 Å². The van der Waals surface area contributed by atoms with Crippen molar-refractivity contribution in [2.45, 2.75) is 18.4 Å². The molecule has 5 heteroatoms. The zero-order chi connectivity index (χ0) is 14.4. The molecule has 0 fully saturated rings. The van der Waals surface area contributed by atoms with Crippen molar-refractivity contribution in [1.29, 1.82) is 0 Å². The van der Waals surface area contributed by atoms with E-state index < -0.39 is 0 Å². The largest absolute Gasteiger partial charge is 0.321 e. The molecule has 2 rings (SSSR count). The summed E-state index contributed by atoms with van der Waals surface area (Å²) in [6, 6.07) is 9.92. The fourth-order valence-electron chi connectivity index (χ4n) is 1.84. The molecule has 1 heterocycles. The minimum absolute atomic E-state index is 0.0371. The second kappa shape index (κ2) is 7.47. The van der Waals surface area contributed by atoms with Gasteiger partial charge in [-0.25, -0.2) is 0 Å². The van der Waals surface area contributed by atoms with E-state index in [1.54, 1.807) is 11.8 Å². The Labute approximate surface area is 127 Å². The molecule has 0 radical (unpaired) electrons. The van der Waals surface area contributed by atoms with Gasteiger partial charge in [-0.15, -0.1) is 23.1 Å². The third-order valence-corrected chi connectivity index (χ3v) is 4.64. The number of rotatable bonds is 6. The van der Waals surface area contributed by atoms with Gasteiger partial charge in [0.2, 0.25) is 0 Å². The first-order chi connectivity index (χ1) is 9.74. The molecule has 2 aromatic rings. The van der Waals surface area contributed by atoms with Crippen molar-refractivity contribution < 1.29 is 4.79 Å². The third kappa shape index (κ3) is 3.85. The molecule has 20 heavy (non-hydrogen) atoms. The van der Waals surface area contributed by atoms with E-state index in [0.717, 1.165) is 28.5 Å². The zero-order valence-electron chi connectivity index (χ0n) is 11.6. The molecule has 106 valence electrons. The molecule has 0 aliphatic carbocycles. The highest BCUT2D eigenvalue weighted by Gasteiger charge is 2.12. The first kappa shape index (κ1) is 15.1. The first-order valence-corrected chi connectivity index (χ1v) is 8.57. The smallest absolute Gasteiger partial charge is 0.266 e. The minimum atomic E-state index is -0.0371. The van der Waals surface area contributed by atoms with Gasteiger partial charge in [0, 0.05) is 17.1 Å². The average Bonchev–Trinajstić information content (AvgIpc) is 2.94. The maximum Gasteiger partial charge on any atom is 0.266 e. The Hall–Kier alpha value is -1.30. The summed E-state index contributed by atoms with van der Waals surface area (Å²) in [5.74, 6) is -0.0371. The number of nitrogens with one attached hydrogen (secondary N) is 2. The standard InChI is InChI=1S/C15H18N2OS2/c1-3-16-10-11-5-4-6-12(9-11)17-15(18)14-13(19-2)7-8-20-14/h4-9,16H,3,10H2,1-2H3,(H,17,18). The molecule has 2 N–H and O–H groups in total. The van der Waals surface area contributed by atoms with Crippen LogP contribution in [-0.2, 0) is 6.54 Å². The molecular weight excluding hydrogens is 288 g/mol. The number of benzene rings is 1. The zero-order valence-corrected chi connectivity index (χ0v) is 13.2. The van der Waals surface area contributed by atoms with Crippen LogP contribution in [0.15, 0.2) is 40.6 Å². The fraction of sp³-hybridized carbons (Fsp3) is 0.267. The Balaban J connectivity index is 2.08. The van der Waals surface area contributed by atoms with Crippen molar-refractivity contribution in [2.24, 2.45) is 0 Å². The minimum Gasteiger partial charge on any atom is -0.321 e. The molecular formula is C15H18N2OS2. The van der Waals surface area contributed by atoms with Crippen LogP contribution in [0.4, 0.5) is 5.69 Å². The van der Waals surface area contributed by atoms with Gasteiger partial charge >= 0.3 is 0 Å². The van der Waals surface area contributed by atoms with Gasteiger partial charge in [0.25, 0.3) is 5.91 Å². The lowest BCUT2D eigenvalue weighted by Crippen LogP contribution is -2.13. The number of carbonyl (C=O) groups is 1. The molecule has 0 saturated heterocycles. The summed E-state index contributed by atoms with van der Waals surface area (Å²) in [6.07, 6.45) is 1.98. The Morgan fingerprint density at radius 3 is 2.95 bits per heavy atom. The summed E-state index contributed by atoms with van der Waals surface area (Å²) in [5, 5.41) is 8.19. The van der Waals surface area contributed by atoms with E-state index in [1.807, 2.05) is 35.9 Å². The van der Waals surface area contributed by atoms with E-state index in [9.17, 15) is 4.79 Å². The summed E-state index contributed by atoms with van der Waals surface area (Å²) in [6.45, 7) is 3.82. The van der Waals surface area contributed by atoms with Crippen molar-refractivity contribution in [3.05, 3.63) is 46.2 Å². The van der Waals surface area contributed by atoms with Crippen molar-refractivity contribution >= 4 is 34.7 Å². The maximum atomic E-state index is 12.3. The average molecular weight is 306 g/mol. The summed E-state index contributed by atoms with van der Waals surface area (Å²) in [5.41, 5.74) is 2.01. The highest BCUT2D eigenvalue weighted by molar-refractivity contribution is 7.98. The molecule has 0 aliphatic rings. The van der Waals surface area contributed by atoms with Gasteiger partial charge in [-0.2, -0.15) is 0 Å². The van der Waals surface area contributed by atoms with Crippen molar-refractivity contribution in [3.8, 4) is 0 Å². The predicted octanol–water partition coefficient (Wildman–Crippen LogP) is 3.83. The van der Waals surface area contributed by atoms with Crippen LogP contribution < -0.4 is 10.6 Å². The van der Waals surface area contributed by atoms with E-state index in [0.29, 0.717) is 0 Å². The van der Waals surface area contributed by atoms with Gasteiger partial charge in [-0.05, 0) is 41.9 Å². The molecule has 0 bridgehead atoms. The summed E-state index contributed by atoms with van der Waals surface area (Å²) in [4.78, 5) is 14.0. The number of thioether (sulfide) groups is 1. The summed E-state index contributed by atoms with van der Waals surface area (Å²) in [7, 11) is 0. The fourth-order valence-corrected chi connectivity index (χ4v) is 3.49. The number of hydrogen-bond acceptors (Lipinski definition) is 4. The maximum absolute atomic E-state index is 12.3.